The Labute approximate surface area is 130 Å². The number of methoxy groups -OCH3 is 1. The standard InChI is InChI=1S/C13H18N4O6/c1-6(22-2)13(10(20)9(19)7(3-18)23-13)17-5-16-8-11(17)14-4-15-12(8)21/h4-7,9-10,18-20H,3H2,1-2H3,(H,14,15,21)/t6?,7-,9-,10-,13-/m1/s1. The lowest BCUT2D eigenvalue weighted by atomic mass is 9.97. The largest absolute Gasteiger partial charge is 0.394 e. The van der Waals surface area contributed by atoms with Crippen molar-refractivity contribution in [2.45, 2.75) is 37.1 Å². The molecule has 0 radical (unpaired) electrons. The van der Waals surface area contributed by atoms with Crippen LogP contribution in [0.1, 0.15) is 6.92 Å². The van der Waals surface area contributed by atoms with E-state index in [9.17, 15) is 20.1 Å². The molecular weight excluding hydrogens is 308 g/mol. The van der Waals surface area contributed by atoms with Crippen molar-refractivity contribution in [3.8, 4) is 0 Å². The summed E-state index contributed by atoms with van der Waals surface area (Å²) in [7, 11) is 1.42. The van der Waals surface area contributed by atoms with E-state index in [1.54, 1.807) is 6.92 Å². The second-order valence-electron chi connectivity index (χ2n) is 5.42. The van der Waals surface area contributed by atoms with E-state index in [4.69, 9.17) is 9.47 Å². The Hall–Kier alpha value is -1.85. The molecule has 3 rings (SSSR count). The average molecular weight is 326 g/mol. The molecule has 0 spiro atoms. The summed E-state index contributed by atoms with van der Waals surface area (Å²) in [5.41, 5.74) is -1.80. The summed E-state index contributed by atoms with van der Waals surface area (Å²) in [4.78, 5) is 22.3. The fourth-order valence-electron chi connectivity index (χ4n) is 2.98. The van der Waals surface area contributed by atoms with Gasteiger partial charge in [-0.15, -0.1) is 0 Å². The van der Waals surface area contributed by atoms with Crippen molar-refractivity contribution in [2.24, 2.45) is 0 Å². The molecule has 1 fully saturated rings. The van der Waals surface area contributed by atoms with Crippen LogP contribution in [0.3, 0.4) is 0 Å². The van der Waals surface area contributed by atoms with Gasteiger partial charge >= 0.3 is 0 Å². The second kappa shape index (κ2) is 5.65. The van der Waals surface area contributed by atoms with Crippen LogP contribution in [-0.4, -0.2) is 73.0 Å². The average Bonchev–Trinajstić information content (AvgIpc) is 3.09. The third kappa shape index (κ3) is 2.11. The Morgan fingerprint density at radius 2 is 2.26 bits per heavy atom. The molecule has 0 amide bonds. The highest BCUT2D eigenvalue weighted by Crippen LogP contribution is 2.40. The van der Waals surface area contributed by atoms with Crippen LogP contribution in [0, 0.1) is 0 Å². The van der Waals surface area contributed by atoms with Crippen molar-refractivity contribution in [3.63, 3.8) is 0 Å². The maximum absolute atomic E-state index is 11.8. The van der Waals surface area contributed by atoms with Gasteiger partial charge < -0.3 is 29.8 Å². The van der Waals surface area contributed by atoms with Gasteiger partial charge in [0.05, 0.1) is 19.3 Å². The van der Waals surface area contributed by atoms with E-state index in [0.29, 0.717) is 0 Å². The zero-order valence-corrected chi connectivity index (χ0v) is 12.6. The van der Waals surface area contributed by atoms with E-state index in [1.165, 1.54) is 24.3 Å². The molecule has 1 aliphatic heterocycles. The van der Waals surface area contributed by atoms with Crippen LogP contribution in [0.5, 0.6) is 0 Å². The molecule has 1 aliphatic rings. The van der Waals surface area contributed by atoms with Crippen molar-refractivity contribution >= 4 is 11.2 Å². The quantitative estimate of drug-likeness (QED) is 0.501. The lowest BCUT2D eigenvalue weighted by Gasteiger charge is -2.37. The first kappa shape index (κ1) is 16.0. The van der Waals surface area contributed by atoms with E-state index in [1.807, 2.05) is 0 Å². The van der Waals surface area contributed by atoms with Crippen LogP contribution in [-0.2, 0) is 15.2 Å². The van der Waals surface area contributed by atoms with Gasteiger partial charge in [-0.05, 0) is 6.92 Å². The SMILES string of the molecule is COC(C)[C@@]1(n2cnc3c(=O)[nH]cnc32)O[C@H](CO)[C@@H](O)[C@H]1O. The Bertz CT molecular complexity index is 760. The zero-order valence-electron chi connectivity index (χ0n) is 12.6. The molecular formula is C13H18N4O6. The van der Waals surface area contributed by atoms with Gasteiger partial charge in [0, 0.05) is 7.11 Å². The molecule has 2 aromatic rings. The van der Waals surface area contributed by atoms with Crippen LogP contribution in [0.2, 0.25) is 0 Å². The molecule has 0 aromatic carbocycles. The van der Waals surface area contributed by atoms with E-state index in [0.717, 1.165) is 0 Å². The maximum Gasteiger partial charge on any atom is 0.278 e. The molecule has 10 heteroatoms. The van der Waals surface area contributed by atoms with Crippen LogP contribution < -0.4 is 5.56 Å². The minimum absolute atomic E-state index is 0.0629. The summed E-state index contributed by atoms with van der Waals surface area (Å²) < 4.78 is 12.4. The molecule has 23 heavy (non-hydrogen) atoms. The van der Waals surface area contributed by atoms with E-state index < -0.39 is 42.3 Å². The number of hydrogen-bond donors (Lipinski definition) is 4. The smallest absolute Gasteiger partial charge is 0.278 e. The van der Waals surface area contributed by atoms with Gasteiger partial charge in [-0.3, -0.25) is 9.36 Å². The minimum atomic E-state index is -1.59. The number of aromatic amines is 1. The maximum atomic E-state index is 11.8. The van der Waals surface area contributed by atoms with Crippen LogP contribution in [0.4, 0.5) is 0 Å². The highest BCUT2D eigenvalue weighted by atomic mass is 16.6. The summed E-state index contributed by atoms with van der Waals surface area (Å²) in [5.74, 6) is 0. The van der Waals surface area contributed by atoms with Crippen LogP contribution >= 0.6 is 0 Å². The van der Waals surface area contributed by atoms with Gasteiger partial charge in [0.15, 0.2) is 11.2 Å². The molecule has 10 nitrogen and oxygen atoms in total. The second-order valence-corrected chi connectivity index (χ2v) is 5.42. The van der Waals surface area contributed by atoms with Gasteiger partial charge in [0.25, 0.3) is 5.56 Å². The normalized spacial score (nSPS) is 32.5. The molecule has 0 bridgehead atoms. The predicted octanol–water partition coefficient (Wildman–Crippen LogP) is -2.08. The number of aliphatic hydroxyl groups is 3. The fourth-order valence-corrected chi connectivity index (χ4v) is 2.98. The van der Waals surface area contributed by atoms with Crippen molar-refractivity contribution in [1.82, 2.24) is 19.5 Å². The molecule has 126 valence electrons. The number of aliphatic hydroxyl groups excluding tert-OH is 3. The number of nitrogens with one attached hydrogen (secondary N) is 1. The number of nitrogens with zero attached hydrogens (tertiary/aromatic N) is 3. The highest BCUT2D eigenvalue weighted by Gasteiger charge is 2.59. The Morgan fingerprint density at radius 1 is 1.52 bits per heavy atom. The van der Waals surface area contributed by atoms with E-state index in [-0.39, 0.29) is 11.2 Å². The van der Waals surface area contributed by atoms with Gasteiger partial charge in [-0.25, -0.2) is 9.97 Å². The number of imidazole rings is 1. The lowest BCUT2D eigenvalue weighted by molar-refractivity contribution is -0.208. The zero-order chi connectivity index (χ0) is 16.8. The van der Waals surface area contributed by atoms with Crippen molar-refractivity contribution < 1.29 is 24.8 Å². The Kier molecular flexibility index (Phi) is 3.94. The number of fused-ring (bicyclic) bond motifs is 1. The van der Waals surface area contributed by atoms with Crippen LogP contribution in [0.15, 0.2) is 17.4 Å². The number of hydrogen-bond acceptors (Lipinski definition) is 8. The molecule has 4 N–H and O–H groups in total. The number of aromatic nitrogens is 4. The number of H-pyrrole nitrogens is 1. The number of ether oxygens (including phenoxy) is 2. The summed E-state index contributed by atoms with van der Waals surface area (Å²) in [6.07, 6.45) is -2.01. The molecule has 2 aromatic heterocycles. The molecule has 3 heterocycles. The first-order valence-electron chi connectivity index (χ1n) is 7.06. The first-order valence-corrected chi connectivity index (χ1v) is 7.06. The number of rotatable bonds is 4. The van der Waals surface area contributed by atoms with E-state index >= 15 is 0 Å². The Balaban J connectivity index is 2.24. The third-order valence-electron chi connectivity index (χ3n) is 4.30. The van der Waals surface area contributed by atoms with Gasteiger partial charge in [-0.2, -0.15) is 0 Å². The van der Waals surface area contributed by atoms with Crippen LogP contribution in [0.25, 0.3) is 11.2 Å². The highest BCUT2D eigenvalue weighted by molar-refractivity contribution is 5.69. The van der Waals surface area contributed by atoms with Crippen molar-refractivity contribution in [3.05, 3.63) is 23.0 Å². The van der Waals surface area contributed by atoms with E-state index in [2.05, 4.69) is 15.0 Å². The van der Waals surface area contributed by atoms with Gasteiger partial charge in [0.2, 0.25) is 5.72 Å². The fraction of sp³-hybridized carbons (Fsp3) is 0.615. The lowest BCUT2D eigenvalue weighted by Crippen LogP contribution is -2.53. The van der Waals surface area contributed by atoms with Gasteiger partial charge in [-0.1, -0.05) is 0 Å². The first-order chi connectivity index (χ1) is 11.0. The molecule has 5 atom stereocenters. The molecule has 1 saturated heterocycles. The molecule has 0 saturated carbocycles. The van der Waals surface area contributed by atoms with Crippen molar-refractivity contribution in [1.29, 1.82) is 0 Å². The summed E-state index contributed by atoms with van der Waals surface area (Å²) in [6, 6.07) is 0. The Morgan fingerprint density at radius 3 is 2.87 bits per heavy atom. The monoisotopic (exact) mass is 326 g/mol. The summed E-state index contributed by atoms with van der Waals surface area (Å²) in [5, 5.41) is 30.1. The predicted molar refractivity (Wildman–Crippen MR) is 76.6 cm³/mol. The third-order valence-corrected chi connectivity index (χ3v) is 4.30. The summed E-state index contributed by atoms with van der Waals surface area (Å²) >= 11 is 0. The molecule has 1 unspecified atom stereocenters. The summed E-state index contributed by atoms with van der Waals surface area (Å²) in [6.45, 7) is 1.14. The topological polar surface area (TPSA) is 143 Å². The minimum Gasteiger partial charge on any atom is -0.394 e. The van der Waals surface area contributed by atoms with Crippen molar-refractivity contribution in [2.75, 3.05) is 13.7 Å². The molecule has 0 aliphatic carbocycles. The van der Waals surface area contributed by atoms with Gasteiger partial charge in [0.1, 0.15) is 24.4 Å².